The Balaban J connectivity index is 1.44. The lowest BCUT2D eigenvalue weighted by molar-refractivity contribution is 0.112. The molecular formula is C22H23N7O3S. The van der Waals surface area contributed by atoms with Crippen LogP contribution in [-0.2, 0) is 10.0 Å². The van der Waals surface area contributed by atoms with E-state index in [4.69, 9.17) is 0 Å². The molecule has 1 aliphatic rings. The summed E-state index contributed by atoms with van der Waals surface area (Å²) in [6, 6.07) is 3.81. The molecule has 1 N–H and O–H groups in total. The van der Waals surface area contributed by atoms with Crippen molar-refractivity contribution in [3.05, 3.63) is 48.7 Å². The predicted octanol–water partition coefficient (Wildman–Crippen LogP) is 3.56. The van der Waals surface area contributed by atoms with Crippen molar-refractivity contribution < 1.29 is 13.2 Å². The highest BCUT2D eigenvalue weighted by Crippen LogP contribution is 2.31. The number of nitrogens with one attached hydrogen (secondary N) is 1. The van der Waals surface area contributed by atoms with Crippen LogP contribution in [0.4, 0.5) is 11.6 Å². The lowest BCUT2D eigenvalue weighted by atomic mass is 10.2. The third-order valence-corrected chi connectivity index (χ3v) is 7.91. The van der Waals surface area contributed by atoms with E-state index in [-0.39, 0.29) is 11.3 Å². The molecule has 0 aromatic carbocycles. The van der Waals surface area contributed by atoms with Crippen molar-refractivity contribution >= 4 is 38.8 Å². The molecule has 1 atom stereocenters. The molecule has 1 fully saturated rings. The smallest absolute Gasteiger partial charge is 0.256 e. The first-order valence-corrected chi connectivity index (χ1v) is 12.3. The van der Waals surface area contributed by atoms with E-state index in [0.717, 1.165) is 27.7 Å². The maximum Gasteiger partial charge on any atom is 0.256 e. The van der Waals surface area contributed by atoms with E-state index >= 15 is 0 Å². The zero-order chi connectivity index (χ0) is 23.2. The molecule has 0 bridgehead atoms. The van der Waals surface area contributed by atoms with Crippen molar-refractivity contribution in [2.24, 2.45) is 0 Å². The number of anilines is 2. The Hall–Kier alpha value is -3.60. The van der Waals surface area contributed by atoms with Crippen LogP contribution in [0, 0.1) is 0 Å². The zero-order valence-corrected chi connectivity index (χ0v) is 19.0. The number of hydrogen-bond acceptors (Lipinski definition) is 8. The fourth-order valence-electron chi connectivity index (χ4n) is 3.67. The van der Waals surface area contributed by atoms with Crippen LogP contribution in [0.5, 0.6) is 0 Å². The zero-order valence-electron chi connectivity index (χ0n) is 18.2. The molecule has 0 saturated heterocycles. The van der Waals surface area contributed by atoms with Crippen LogP contribution in [0.25, 0.3) is 22.3 Å². The first-order valence-electron chi connectivity index (χ1n) is 10.8. The summed E-state index contributed by atoms with van der Waals surface area (Å²) in [5.74, 6) is 1.42. The lowest BCUT2D eigenvalue weighted by Crippen LogP contribution is -2.17. The van der Waals surface area contributed by atoms with E-state index in [2.05, 4.69) is 43.8 Å². The van der Waals surface area contributed by atoms with Crippen LogP contribution in [-0.4, -0.2) is 48.7 Å². The second kappa shape index (κ2) is 8.07. The van der Waals surface area contributed by atoms with Crippen LogP contribution in [0.1, 0.15) is 49.5 Å². The SMILES string of the molecule is CCC(C)n1cc(C=O)c2cnc(Nc3ccnc(-c4cnn(S(=O)(=O)C5CC5)c4)n3)cc21. The van der Waals surface area contributed by atoms with E-state index in [1.807, 2.05) is 12.3 Å². The second-order valence-electron chi connectivity index (χ2n) is 8.19. The topological polar surface area (TPSA) is 125 Å². The van der Waals surface area contributed by atoms with Crippen molar-refractivity contribution in [2.45, 2.75) is 44.4 Å². The Labute approximate surface area is 190 Å². The molecule has 0 amide bonds. The summed E-state index contributed by atoms with van der Waals surface area (Å²) in [4.78, 5) is 24.7. The molecule has 0 aliphatic heterocycles. The van der Waals surface area contributed by atoms with E-state index in [1.165, 1.54) is 12.4 Å². The van der Waals surface area contributed by atoms with Crippen LogP contribution in [0.3, 0.4) is 0 Å². The van der Waals surface area contributed by atoms with Gasteiger partial charge in [-0.15, -0.1) is 0 Å². The molecule has 10 nitrogen and oxygen atoms in total. The highest BCUT2D eigenvalue weighted by molar-refractivity contribution is 7.90. The standard InChI is InChI=1S/C22H23N7O3S/c1-3-14(2)28-11-16(13-30)18-10-24-21(8-19(18)28)26-20-6-7-23-22(27-20)15-9-25-29(12-15)33(31,32)17-4-5-17/h6-14,17H,3-5H2,1-2H3,(H,23,24,26,27). The Bertz CT molecular complexity index is 1450. The molecule has 4 aromatic heterocycles. The fraction of sp³-hybridized carbons (Fsp3) is 0.318. The Morgan fingerprint density at radius 3 is 2.76 bits per heavy atom. The van der Waals surface area contributed by atoms with Gasteiger partial charge in [0.2, 0.25) is 0 Å². The molecule has 170 valence electrons. The van der Waals surface area contributed by atoms with Crippen LogP contribution in [0.2, 0.25) is 0 Å². The lowest BCUT2D eigenvalue weighted by Gasteiger charge is -2.13. The van der Waals surface area contributed by atoms with Gasteiger partial charge >= 0.3 is 0 Å². The summed E-state index contributed by atoms with van der Waals surface area (Å²) in [6.07, 6.45) is 11.1. The van der Waals surface area contributed by atoms with Crippen molar-refractivity contribution in [3.8, 4) is 11.4 Å². The summed E-state index contributed by atoms with van der Waals surface area (Å²) in [6.45, 7) is 4.19. The number of hydrogen-bond donors (Lipinski definition) is 1. The van der Waals surface area contributed by atoms with Gasteiger partial charge in [0.1, 0.15) is 11.6 Å². The number of aromatic nitrogens is 6. The number of rotatable bonds is 8. The minimum Gasteiger partial charge on any atom is -0.344 e. The maximum atomic E-state index is 12.4. The number of carbonyl (C=O) groups excluding carboxylic acids is 1. The van der Waals surface area contributed by atoms with Crippen LogP contribution < -0.4 is 5.32 Å². The average molecular weight is 466 g/mol. The summed E-state index contributed by atoms with van der Waals surface area (Å²) in [7, 11) is -3.45. The van der Waals surface area contributed by atoms with Gasteiger partial charge in [-0.1, -0.05) is 6.92 Å². The third kappa shape index (κ3) is 3.88. The second-order valence-corrected chi connectivity index (χ2v) is 10.3. The predicted molar refractivity (Wildman–Crippen MR) is 124 cm³/mol. The largest absolute Gasteiger partial charge is 0.344 e. The van der Waals surface area contributed by atoms with E-state index in [9.17, 15) is 13.2 Å². The molecule has 5 rings (SSSR count). The van der Waals surface area contributed by atoms with Gasteiger partial charge in [0, 0.05) is 41.6 Å². The molecule has 0 spiro atoms. The van der Waals surface area contributed by atoms with Gasteiger partial charge in [-0.25, -0.2) is 23.4 Å². The van der Waals surface area contributed by atoms with E-state index < -0.39 is 10.0 Å². The first-order chi connectivity index (χ1) is 15.9. The summed E-state index contributed by atoms with van der Waals surface area (Å²) < 4.78 is 27.9. The van der Waals surface area contributed by atoms with Crippen molar-refractivity contribution in [3.63, 3.8) is 0 Å². The first kappa shape index (κ1) is 21.3. The van der Waals surface area contributed by atoms with Crippen molar-refractivity contribution in [1.82, 2.24) is 28.7 Å². The number of fused-ring (bicyclic) bond motifs is 1. The van der Waals surface area contributed by atoms with Gasteiger partial charge < -0.3 is 9.88 Å². The van der Waals surface area contributed by atoms with Crippen LogP contribution >= 0.6 is 0 Å². The van der Waals surface area contributed by atoms with Gasteiger partial charge in [-0.05, 0) is 32.3 Å². The number of aldehydes is 1. The average Bonchev–Trinajstić information content (AvgIpc) is 3.46. The quantitative estimate of drug-likeness (QED) is 0.392. The van der Waals surface area contributed by atoms with Crippen LogP contribution in [0.15, 0.2) is 43.1 Å². The van der Waals surface area contributed by atoms with Gasteiger partial charge in [0.05, 0.1) is 28.7 Å². The highest BCUT2D eigenvalue weighted by atomic mass is 32.2. The fourth-order valence-corrected chi connectivity index (χ4v) is 5.15. The molecule has 4 aromatic rings. The summed E-state index contributed by atoms with van der Waals surface area (Å²) in [5.41, 5.74) is 2.02. The van der Waals surface area contributed by atoms with Gasteiger partial charge in [-0.2, -0.15) is 9.19 Å². The molecule has 1 saturated carbocycles. The molecule has 1 aliphatic carbocycles. The van der Waals surface area contributed by atoms with Gasteiger partial charge in [0.25, 0.3) is 10.0 Å². The van der Waals surface area contributed by atoms with Gasteiger partial charge in [-0.3, -0.25) is 4.79 Å². The van der Waals surface area contributed by atoms with E-state index in [1.54, 1.807) is 18.5 Å². The monoisotopic (exact) mass is 465 g/mol. The molecular weight excluding hydrogens is 442 g/mol. The number of pyridine rings is 1. The molecule has 0 radical (unpaired) electrons. The maximum absolute atomic E-state index is 12.4. The summed E-state index contributed by atoms with van der Waals surface area (Å²) >= 11 is 0. The third-order valence-electron chi connectivity index (χ3n) is 5.88. The minimum atomic E-state index is -3.45. The van der Waals surface area contributed by atoms with Crippen molar-refractivity contribution in [2.75, 3.05) is 5.32 Å². The number of nitrogens with zero attached hydrogens (tertiary/aromatic N) is 6. The normalized spacial score (nSPS) is 15.0. The molecule has 1 unspecified atom stereocenters. The molecule has 11 heteroatoms. The molecule has 33 heavy (non-hydrogen) atoms. The Morgan fingerprint density at radius 2 is 2.03 bits per heavy atom. The van der Waals surface area contributed by atoms with Crippen molar-refractivity contribution in [1.29, 1.82) is 0 Å². The molecule has 4 heterocycles. The van der Waals surface area contributed by atoms with Gasteiger partial charge in [0.15, 0.2) is 12.1 Å². The minimum absolute atomic E-state index is 0.227. The Morgan fingerprint density at radius 1 is 1.21 bits per heavy atom. The highest BCUT2D eigenvalue weighted by Gasteiger charge is 2.37. The summed E-state index contributed by atoms with van der Waals surface area (Å²) in [5, 5.41) is 7.62. The Kier molecular flexibility index (Phi) is 5.20. The number of carbonyl (C=O) groups is 1. The van der Waals surface area contributed by atoms with E-state index in [0.29, 0.717) is 41.4 Å².